The van der Waals surface area contributed by atoms with Crippen LogP contribution in [0.5, 0.6) is 0 Å². The van der Waals surface area contributed by atoms with E-state index < -0.39 is 6.29 Å². The van der Waals surface area contributed by atoms with Gasteiger partial charge in [-0.25, -0.2) is 9.29 Å². The molecule has 3 aromatic rings. The third kappa shape index (κ3) is 3.57. The van der Waals surface area contributed by atoms with Crippen LogP contribution < -0.4 is 16.4 Å². The summed E-state index contributed by atoms with van der Waals surface area (Å²) in [5, 5.41) is 0. The Morgan fingerprint density at radius 1 is 0.778 bits per heavy atom. The van der Waals surface area contributed by atoms with Gasteiger partial charge in [0.2, 0.25) is 0 Å². The van der Waals surface area contributed by atoms with Gasteiger partial charge in [-0.1, -0.05) is 60.7 Å². The Labute approximate surface area is 158 Å². The molecule has 2 atom stereocenters. The molecule has 0 saturated carbocycles. The average Bonchev–Trinajstić information content (AvgIpc) is 2.69. The summed E-state index contributed by atoms with van der Waals surface area (Å²) in [6.07, 6.45) is -0.724. The van der Waals surface area contributed by atoms with Gasteiger partial charge in [-0.05, 0) is 29.3 Å². The Bertz CT molecular complexity index is 915. The summed E-state index contributed by atoms with van der Waals surface area (Å²) in [6.45, 7) is 1.14. The molecule has 3 aromatic carbocycles. The molecule has 0 aromatic heterocycles. The number of anilines is 1. The van der Waals surface area contributed by atoms with E-state index in [9.17, 15) is 4.39 Å². The third-order valence-corrected chi connectivity index (χ3v) is 5.03. The zero-order valence-electron chi connectivity index (χ0n) is 15.0. The molecule has 0 fully saturated rings. The molecule has 1 aliphatic heterocycles. The van der Waals surface area contributed by atoms with E-state index in [4.69, 9.17) is 11.5 Å². The number of nitrogens with zero attached hydrogens (tertiary/aromatic N) is 2. The van der Waals surface area contributed by atoms with Crippen molar-refractivity contribution in [3.8, 4) is 0 Å². The van der Waals surface area contributed by atoms with Crippen LogP contribution in [0.4, 0.5) is 10.1 Å². The standard InChI is InChI=1S/C22H23FN4/c23-18-10-6-9-17(13-18)15-26-20-12-5-4-11-19(20)21(24)27(22(26)25)14-16-7-2-1-3-8-16/h1-13,21-22H,14-15,24-25H2. The van der Waals surface area contributed by atoms with Crippen LogP contribution in [0.1, 0.15) is 22.9 Å². The summed E-state index contributed by atoms with van der Waals surface area (Å²) >= 11 is 0. The lowest BCUT2D eigenvalue weighted by molar-refractivity contribution is 0.112. The summed E-state index contributed by atoms with van der Waals surface area (Å²) in [5.41, 5.74) is 17.2. The first-order valence-electron chi connectivity index (χ1n) is 9.04. The van der Waals surface area contributed by atoms with Crippen LogP contribution in [0.15, 0.2) is 78.9 Å². The minimum Gasteiger partial charge on any atom is -0.339 e. The number of rotatable bonds is 4. The minimum absolute atomic E-state index is 0.246. The van der Waals surface area contributed by atoms with Crippen molar-refractivity contribution in [2.24, 2.45) is 11.5 Å². The SMILES string of the molecule is NC1c2ccccc2N(Cc2cccc(F)c2)C(N)N1Cc1ccccc1. The molecule has 4 rings (SSSR count). The molecule has 0 saturated heterocycles. The molecule has 0 radical (unpaired) electrons. The highest BCUT2D eigenvalue weighted by Gasteiger charge is 2.35. The lowest BCUT2D eigenvalue weighted by Gasteiger charge is -2.47. The highest BCUT2D eigenvalue weighted by Crippen LogP contribution is 2.36. The van der Waals surface area contributed by atoms with Gasteiger partial charge in [0.1, 0.15) is 12.1 Å². The van der Waals surface area contributed by atoms with Crippen molar-refractivity contribution < 1.29 is 4.39 Å². The summed E-state index contributed by atoms with van der Waals surface area (Å²) in [5.74, 6) is -0.246. The fourth-order valence-electron chi connectivity index (χ4n) is 3.66. The van der Waals surface area contributed by atoms with Crippen molar-refractivity contribution in [2.75, 3.05) is 4.90 Å². The quantitative estimate of drug-likeness (QED) is 0.745. The van der Waals surface area contributed by atoms with Crippen LogP contribution in [-0.4, -0.2) is 11.2 Å². The number of hydrogen-bond donors (Lipinski definition) is 2. The van der Waals surface area contributed by atoms with E-state index in [1.54, 1.807) is 12.1 Å². The number of fused-ring (bicyclic) bond motifs is 1. The van der Waals surface area contributed by atoms with Gasteiger partial charge >= 0.3 is 0 Å². The maximum atomic E-state index is 13.7. The number of hydrogen-bond acceptors (Lipinski definition) is 4. The summed E-state index contributed by atoms with van der Waals surface area (Å²) in [6, 6.07) is 24.8. The van der Waals surface area contributed by atoms with Crippen LogP contribution in [0.2, 0.25) is 0 Å². The van der Waals surface area contributed by atoms with Gasteiger partial charge in [0.15, 0.2) is 0 Å². The smallest absolute Gasteiger partial charge is 0.136 e. The molecule has 4 N–H and O–H groups in total. The van der Waals surface area contributed by atoms with Gasteiger partial charge in [-0.3, -0.25) is 5.73 Å². The number of benzene rings is 3. The molecule has 2 unspecified atom stereocenters. The third-order valence-electron chi connectivity index (χ3n) is 5.03. The Hall–Kier alpha value is -2.73. The largest absolute Gasteiger partial charge is 0.339 e. The van der Waals surface area contributed by atoms with Gasteiger partial charge < -0.3 is 10.6 Å². The van der Waals surface area contributed by atoms with Gasteiger partial charge in [-0.15, -0.1) is 0 Å². The predicted molar refractivity (Wildman–Crippen MR) is 106 cm³/mol. The fourth-order valence-corrected chi connectivity index (χ4v) is 3.66. The van der Waals surface area contributed by atoms with E-state index in [0.29, 0.717) is 13.1 Å². The molecule has 4 nitrogen and oxygen atoms in total. The molecule has 138 valence electrons. The van der Waals surface area contributed by atoms with Gasteiger partial charge in [0, 0.05) is 24.3 Å². The average molecular weight is 362 g/mol. The molecule has 0 bridgehead atoms. The van der Waals surface area contributed by atoms with E-state index in [2.05, 4.69) is 21.9 Å². The van der Waals surface area contributed by atoms with Gasteiger partial charge in [-0.2, -0.15) is 0 Å². The number of nitrogens with two attached hydrogens (primary N) is 2. The van der Waals surface area contributed by atoms with E-state index in [-0.39, 0.29) is 12.0 Å². The first kappa shape index (κ1) is 17.7. The van der Waals surface area contributed by atoms with E-state index in [1.807, 2.05) is 48.5 Å². The molecule has 1 heterocycles. The second-order valence-corrected chi connectivity index (χ2v) is 6.83. The second kappa shape index (κ2) is 7.48. The molecular formula is C22H23FN4. The minimum atomic E-state index is -0.418. The Kier molecular flexibility index (Phi) is 4.90. The van der Waals surface area contributed by atoms with Crippen molar-refractivity contribution in [1.82, 2.24) is 4.90 Å². The van der Waals surface area contributed by atoms with Crippen LogP contribution in [0, 0.1) is 5.82 Å². The Morgan fingerprint density at radius 2 is 1.48 bits per heavy atom. The van der Waals surface area contributed by atoms with Crippen LogP contribution in [0.3, 0.4) is 0 Å². The van der Waals surface area contributed by atoms with Crippen molar-refractivity contribution in [2.45, 2.75) is 25.5 Å². The van der Waals surface area contributed by atoms with Crippen molar-refractivity contribution in [3.05, 3.63) is 101 Å². The van der Waals surface area contributed by atoms with Crippen LogP contribution >= 0.6 is 0 Å². The normalized spacial score (nSPS) is 19.7. The number of para-hydroxylation sites is 1. The van der Waals surface area contributed by atoms with E-state index in [1.165, 1.54) is 6.07 Å². The van der Waals surface area contributed by atoms with Crippen LogP contribution in [0.25, 0.3) is 0 Å². The highest BCUT2D eigenvalue weighted by atomic mass is 19.1. The van der Waals surface area contributed by atoms with Gasteiger partial charge in [0.05, 0.1) is 6.17 Å². The van der Waals surface area contributed by atoms with E-state index >= 15 is 0 Å². The molecular weight excluding hydrogens is 339 g/mol. The topological polar surface area (TPSA) is 58.5 Å². The lowest BCUT2D eigenvalue weighted by atomic mass is 10.0. The lowest BCUT2D eigenvalue weighted by Crippen LogP contribution is -2.59. The highest BCUT2D eigenvalue weighted by molar-refractivity contribution is 5.57. The number of halogens is 1. The molecule has 0 amide bonds. The first-order chi connectivity index (χ1) is 13.1. The Balaban J connectivity index is 1.69. The van der Waals surface area contributed by atoms with E-state index in [0.717, 1.165) is 22.4 Å². The maximum absolute atomic E-state index is 13.7. The monoisotopic (exact) mass is 362 g/mol. The summed E-state index contributed by atoms with van der Waals surface area (Å²) in [7, 11) is 0. The molecule has 27 heavy (non-hydrogen) atoms. The van der Waals surface area contributed by atoms with Crippen molar-refractivity contribution in [1.29, 1.82) is 0 Å². The molecule has 5 heteroatoms. The van der Waals surface area contributed by atoms with Crippen molar-refractivity contribution in [3.63, 3.8) is 0 Å². The summed E-state index contributed by atoms with van der Waals surface area (Å²) < 4.78 is 13.7. The zero-order valence-corrected chi connectivity index (χ0v) is 15.0. The predicted octanol–water partition coefficient (Wildman–Crippen LogP) is 3.55. The fraction of sp³-hybridized carbons (Fsp3) is 0.182. The maximum Gasteiger partial charge on any atom is 0.136 e. The first-order valence-corrected chi connectivity index (χ1v) is 9.04. The Morgan fingerprint density at radius 3 is 2.26 bits per heavy atom. The molecule has 0 aliphatic carbocycles. The van der Waals surface area contributed by atoms with Gasteiger partial charge in [0.25, 0.3) is 0 Å². The zero-order chi connectivity index (χ0) is 18.8. The second-order valence-electron chi connectivity index (χ2n) is 6.83. The molecule has 1 aliphatic rings. The van der Waals surface area contributed by atoms with Crippen LogP contribution in [-0.2, 0) is 13.1 Å². The van der Waals surface area contributed by atoms with Crippen molar-refractivity contribution >= 4 is 5.69 Å². The summed E-state index contributed by atoms with van der Waals surface area (Å²) in [4.78, 5) is 4.15. The molecule has 0 spiro atoms.